The normalized spacial score (nSPS) is 10.3. The van der Waals surface area contributed by atoms with Gasteiger partial charge in [-0.15, -0.1) is 0 Å². The van der Waals surface area contributed by atoms with Crippen LogP contribution < -0.4 is 14.2 Å². The number of rotatable bonds is 7. The van der Waals surface area contributed by atoms with Crippen molar-refractivity contribution in [2.45, 2.75) is 0 Å². The summed E-state index contributed by atoms with van der Waals surface area (Å²) < 4.78 is 21.5. The molecule has 0 amide bonds. The zero-order valence-electron chi connectivity index (χ0n) is 14.1. The lowest BCUT2D eigenvalue weighted by atomic mass is 10.2. The van der Waals surface area contributed by atoms with E-state index in [4.69, 9.17) is 18.7 Å². The third kappa shape index (κ3) is 3.63. The first-order chi connectivity index (χ1) is 12.2. The van der Waals surface area contributed by atoms with Crippen LogP contribution in [-0.2, 0) is 0 Å². The Morgan fingerprint density at radius 2 is 1.92 bits per heavy atom. The molecule has 1 heterocycles. The highest BCUT2D eigenvalue weighted by Crippen LogP contribution is 2.32. The number of nitrogens with zero attached hydrogens (tertiary/aromatic N) is 2. The van der Waals surface area contributed by atoms with Crippen LogP contribution in [0, 0.1) is 0 Å². The van der Waals surface area contributed by atoms with Crippen molar-refractivity contribution in [3.8, 4) is 40.1 Å². The van der Waals surface area contributed by atoms with E-state index in [1.807, 2.05) is 30.3 Å². The van der Waals surface area contributed by atoms with Gasteiger partial charge in [-0.2, -0.15) is 4.98 Å². The first-order valence-corrected chi connectivity index (χ1v) is 7.65. The lowest BCUT2D eigenvalue weighted by Crippen LogP contribution is -1.96. The number of ether oxygens (including phenoxy) is 3. The Hall–Kier alpha value is -3.28. The fraction of sp³-hybridized carbons (Fsp3) is 0.158. The summed E-state index contributed by atoms with van der Waals surface area (Å²) in [5, 5.41) is 4.05. The minimum absolute atomic E-state index is 0.401. The molecular weight excluding hydrogens is 320 g/mol. The van der Waals surface area contributed by atoms with Gasteiger partial charge in [-0.25, -0.2) is 0 Å². The predicted molar refractivity (Wildman–Crippen MR) is 94.0 cm³/mol. The highest BCUT2D eigenvalue weighted by molar-refractivity contribution is 5.64. The summed E-state index contributed by atoms with van der Waals surface area (Å²) in [6.07, 6.45) is 1.67. The third-order valence-corrected chi connectivity index (χ3v) is 3.52. The van der Waals surface area contributed by atoms with Crippen LogP contribution in [0.15, 0.2) is 59.6 Å². The molecule has 3 aromatic rings. The number of aromatic nitrogens is 2. The van der Waals surface area contributed by atoms with Gasteiger partial charge in [-0.05, 0) is 36.4 Å². The maximum Gasteiger partial charge on any atom is 0.258 e. The maximum absolute atomic E-state index is 5.55. The standard InChI is InChI=1S/C19H18N2O4/c1-4-10-24-16-9-8-13(12-17(16)23-3)18-20-19(25-21-18)14-6-5-7-15(11-14)22-2/h4-9,11-12H,1,10H2,2-3H3. The van der Waals surface area contributed by atoms with Crippen molar-refractivity contribution in [2.24, 2.45) is 0 Å². The maximum atomic E-state index is 5.55. The monoisotopic (exact) mass is 338 g/mol. The molecule has 1 aromatic heterocycles. The summed E-state index contributed by atoms with van der Waals surface area (Å²) in [7, 11) is 3.19. The minimum atomic E-state index is 0.401. The Morgan fingerprint density at radius 1 is 1.04 bits per heavy atom. The largest absolute Gasteiger partial charge is 0.497 e. The molecule has 0 unspecified atom stereocenters. The quantitative estimate of drug-likeness (QED) is 0.607. The van der Waals surface area contributed by atoms with Crippen LogP contribution >= 0.6 is 0 Å². The molecule has 6 heteroatoms. The molecule has 3 rings (SSSR count). The Morgan fingerprint density at radius 3 is 2.68 bits per heavy atom. The molecule has 0 fully saturated rings. The first kappa shape index (κ1) is 16.6. The van der Waals surface area contributed by atoms with E-state index < -0.39 is 0 Å². The van der Waals surface area contributed by atoms with Crippen molar-refractivity contribution in [1.82, 2.24) is 10.1 Å². The van der Waals surface area contributed by atoms with Crippen LogP contribution in [0.25, 0.3) is 22.8 Å². The average Bonchev–Trinajstić information content (AvgIpc) is 3.16. The van der Waals surface area contributed by atoms with Gasteiger partial charge in [0.1, 0.15) is 12.4 Å². The lowest BCUT2D eigenvalue weighted by molar-refractivity contribution is 0.326. The molecule has 0 aliphatic carbocycles. The number of methoxy groups -OCH3 is 2. The van der Waals surface area contributed by atoms with Crippen LogP contribution in [0.1, 0.15) is 0 Å². The van der Waals surface area contributed by atoms with Crippen molar-refractivity contribution in [2.75, 3.05) is 20.8 Å². The summed E-state index contributed by atoms with van der Waals surface area (Å²) in [5.41, 5.74) is 1.55. The van der Waals surface area contributed by atoms with Crippen LogP contribution in [0.3, 0.4) is 0 Å². The van der Waals surface area contributed by atoms with Gasteiger partial charge < -0.3 is 18.7 Å². The van der Waals surface area contributed by atoms with Gasteiger partial charge >= 0.3 is 0 Å². The van der Waals surface area contributed by atoms with Crippen molar-refractivity contribution in [1.29, 1.82) is 0 Å². The Kier molecular flexibility index (Phi) is 4.99. The highest BCUT2D eigenvalue weighted by Gasteiger charge is 2.14. The Labute approximate surface area is 145 Å². The van der Waals surface area contributed by atoms with E-state index in [0.717, 1.165) is 16.9 Å². The fourth-order valence-electron chi connectivity index (χ4n) is 2.29. The van der Waals surface area contributed by atoms with E-state index in [-0.39, 0.29) is 0 Å². The molecule has 0 radical (unpaired) electrons. The van der Waals surface area contributed by atoms with E-state index in [0.29, 0.717) is 29.8 Å². The molecule has 2 aromatic carbocycles. The van der Waals surface area contributed by atoms with Crippen molar-refractivity contribution in [3.63, 3.8) is 0 Å². The number of benzene rings is 2. The molecule has 128 valence electrons. The second-order valence-electron chi connectivity index (χ2n) is 5.12. The van der Waals surface area contributed by atoms with Crippen LogP contribution in [0.2, 0.25) is 0 Å². The lowest BCUT2D eigenvalue weighted by Gasteiger charge is -2.09. The second-order valence-corrected chi connectivity index (χ2v) is 5.12. The van der Waals surface area contributed by atoms with Gasteiger partial charge in [-0.1, -0.05) is 23.9 Å². The van der Waals surface area contributed by atoms with Crippen LogP contribution in [0.4, 0.5) is 0 Å². The van der Waals surface area contributed by atoms with E-state index >= 15 is 0 Å². The van der Waals surface area contributed by atoms with Gasteiger partial charge in [0, 0.05) is 11.1 Å². The molecule has 0 saturated heterocycles. The summed E-state index contributed by atoms with van der Waals surface area (Å²) in [5.74, 6) is 2.82. The minimum Gasteiger partial charge on any atom is -0.497 e. The summed E-state index contributed by atoms with van der Waals surface area (Å²) in [6, 6.07) is 12.9. The zero-order valence-corrected chi connectivity index (χ0v) is 14.1. The summed E-state index contributed by atoms with van der Waals surface area (Å²) in [6.45, 7) is 4.03. The van der Waals surface area contributed by atoms with Crippen molar-refractivity contribution < 1.29 is 18.7 Å². The van der Waals surface area contributed by atoms with E-state index in [1.54, 1.807) is 32.4 Å². The molecule has 0 aliphatic rings. The topological polar surface area (TPSA) is 66.6 Å². The molecule has 0 spiro atoms. The van der Waals surface area contributed by atoms with E-state index in [1.165, 1.54) is 0 Å². The zero-order chi connectivity index (χ0) is 17.6. The van der Waals surface area contributed by atoms with E-state index in [2.05, 4.69) is 16.7 Å². The SMILES string of the molecule is C=CCOc1ccc(-c2noc(-c3cccc(OC)c3)n2)cc1OC. The molecule has 0 N–H and O–H groups in total. The molecule has 0 saturated carbocycles. The number of hydrogen-bond donors (Lipinski definition) is 0. The number of hydrogen-bond acceptors (Lipinski definition) is 6. The highest BCUT2D eigenvalue weighted by atomic mass is 16.5. The van der Waals surface area contributed by atoms with Gasteiger partial charge in [0.25, 0.3) is 5.89 Å². The van der Waals surface area contributed by atoms with Gasteiger partial charge in [-0.3, -0.25) is 0 Å². The fourth-order valence-corrected chi connectivity index (χ4v) is 2.29. The van der Waals surface area contributed by atoms with Crippen LogP contribution in [-0.4, -0.2) is 31.0 Å². The predicted octanol–water partition coefficient (Wildman–Crippen LogP) is 3.99. The van der Waals surface area contributed by atoms with Gasteiger partial charge in [0.2, 0.25) is 5.82 Å². The molecule has 0 aliphatic heterocycles. The third-order valence-electron chi connectivity index (χ3n) is 3.52. The Bertz CT molecular complexity index is 873. The molecule has 6 nitrogen and oxygen atoms in total. The smallest absolute Gasteiger partial charge is 0.258 e. The average molecular weight is 338 g/mol. The first-order valence-electron chi connectivity index (χ1n) is 7.65. The van der Waals surface area contributed by atoms with Crippen LogP contribution in [0.5, 0.6) is 17.2 Å². The molecule has 25 heavy (non-hydrogen) atoms. The Balaban J connectivity index is 1.90. The molecule has 0 bridgehead atoms. The second kappa shape index (κ2) is 7.53. The van der Waals surface area contributed by atoms with Crippen molar-refractivity contribution in [3.05, 3.63) is 55.1 Å². The van der Waals surface area contributed by atoms with Crippen molar-refractivity contribution >= 4 is 0 Å². The van der Waals surface area contributed by atoms with Gasteiger partial charge in [0.15, 0.2) is 11.5 Å². The summed E-state index contributed by atoms with van der Waals surface area (Å²) >= 11 is 0. The molecular formula is C19H18N2O4. The summed E-state index contributed by atoms with van der Waals surface area (Å²) in [4.78, 5) is 4.45. The van der Waals surface area contributed by atoms with E-state index in [9.17, 15) is 0 Å². The molecule has 0 atom stereocenters. The van der Waals surface area contributed by atoms with Gasteiger partial charge in [0.05, 0.1) is 14.2 Å².